The molecule has 1 unspecified atom stereocenters. The van der Waals surface area contributed by atoms with Crippen molar-refractivity contribution in [3.05, 3.63) is 58.7 Å². The number of aliphatic hydroxyl groups is 1. The summed E-state index contributed by atoms with van der Waals surface area (Å²) in [5.74, 6) is 0.991. The Morgan fingerprint density at radius 1 is 0.769 bits per heavy atom. The molecule has 2 atom stereocenters. The van der Waals surface area contributed by atoms with Crippen LogP contribution in [0.5, 0.6) is 0 Å². The van der Waals surface area contributed by atoms with Gasteiger partial charge in [-0.05, 0) is 53.0 Å². The van der Waals surface area contributed by atoms with Crippen molar-refractivity contribution in [1.82, 2.24) is 0 Å². The van der Waals surface area contributed by atoms with Crippen molar-refractivity contribution in [2.75, 3.05) is 0 Å². The maximum atomic E-state index is 13.7. The van der Waals surface area contributed by atoms with Gasteiger partial charge in [-0.3, -0.25) is 0 Å². The van der Waals surface area contributed by atoms with Crippen LogP contribution < -0.4 is 0 Å². The molecule has 2 aromatic rings. The van der Waals surface area contributed by atoms with Gasteiger partial charge < -0.3 is 5.11 Å². The Kier molecular flexibility index (Phi) is 6.81. The third kappa shape index (κ3) is 4.27. The van der Waals surface area contributed by atoms with E-state index in [0.717, 1.165) is 21.6 Å². The average Bonchev–Trinajstić information content (AvgIpc) is 2.59. The predicted octanol–water partition coefficient (Wildman–Crippen LogP) is 6.28. The molecule has 0 amide bonds. The lowest BCUT2D eigenvalue weighted by molar-refractivity contribution is 0.196. The fourth-order valence-electron chi connectivity index (χ4n) is 3.21. The average molecular weight is 373 g/mol. The second-order valence-electron chi connectivity index (χ2n) is 7.98. The van der Waals surface area contributed by atoms with Gasteiger partial charge >= 0.3 is 0 Å². The lowest BCUT2D eigenvalue weighted by Gasteiger charge is -2.23. The molecule has 0 radical (unpaired) electrons. The minimum Gasteiger partial charge on any atom is -0.389 e. The van der Waals surface area contributed by atoms with E-state index in [1.807, 2.05) is 24.3 Å². The highest BCUT2D eigenvalue weighted by molar-refractivity contribution is 7.85. The van der Waals surface area contributed by atoms with Crippen LogP contribution >= 0.6 is 0 Å². The second kappa shape index (κ2) is 8.49. The lowest BCUT2D eigenvalue weighted by Crippen LogP contribution is -2.10. The first-order valence-electron chi connectivity index (χ1n) is 9.51. The molecule has 142 valence electrons. The molecule has 2 nitrogen and oxygen atoms in total. The fraction of sp³-hybridized carbons (Fsp3) is 0.478. The number of rotatable bonds is 6. The van der Waals surface area contributed by atoms with Crippen LogP contribution in [0.15, 0.2) is 46.2 Å². The minimum absolute atomic E-state index is 0.281. The molecule has 2 aromatic carbocycles. The monoisotopic (exact) mass is 372 g/mol. The topological polar surface area (TPSA) is 37.3 Å². The largest absolute Gasteiger partial charge is 0.389 e. The molecular weight excluding hydrogens is 340 g/mol. The van der Waals surface area contributed by atoms with Crippen LogP contribution in [0.1, 0.15) is 94.6 Å². The van der Waals surface area contributed by atoms with Crippen molar-refractivity contribution < 1.29 is 9.32 Å². The molecular formula is C23H32O2S. The zero-order chi connectivity index (χ0) is 19.6. The van der Waals surface area contributed by atoms with E-state index in [1.54, 1.807) is 6.92 Å². The van der Waals surface area contributed by atoms with E-state index in [2.05, 4.69) is 53.7 Å². The first kappa shape index (κ1) is 20.9. The molecule has 3 heteroatoms. The highest BCUT2D eigenvalue weighted by Crippen LogP contribution is 2.37. The molecule has 0 aromatic heterocycles. The van der Waals surface area contributed by atoms with Gasteiger partial charge in [-0.25, -0.2) is 4.21 Å². The molecule has 0 aliphatic rings. The Morgan fingerprint density at radius 2 is 1.27 bits per heavy atom. The van der Waals surface area contributed by atoms with E-state index in [9.17, 15) is 9.32 Å². The molecule has 1 N–H and O–H groups in total. The van der Waals surface area contributed by atoms with E-state index in [0.29, 0.717) is 10.8 Å². The molecule has 26 heavy (non-hydrogen) atoms. The van der Waals surface area contributed by atoms with Gasteiger partial charge in [-0.15, -0.1) is 0 Å². The van der Waals surface area contributed by atoms with Gasteiger partial charge in [-0.1, -0.05) is 71.9 Å². The molecule has 0 saturated carbocycles. The zero-order valence-electron chi connectivity index (χ0n) is 17.0. The van der Waals surface area contributed by atoms with Gasteiger partial charge in [0.2, 0.25) is 0 Å². The first-order chi connectivity index (χ1) is 12.1. The van der Waals surface area contributed by atoms with E-state index in [-0.39, 0.29) is 11.8 Å². The smallest absolute Gasteiger partial charge is 0.0859 e. The zero-order valence-corrected chi connectivity index (χ0v) is 17.9. The SMILES string of the molecule is CC(C)c1cc(C(C)C)c(S(=O)c2ccccc2[C@H](C)O)c(C(C)C)c1. The van der Waals surface area contributed by atoms with Crippen LogP contribution in [0, 0.1) is 0 Å². The molecule has 0 aliphatic heterocycles. The standard InChI is InChI=1S/C23H32O2S/c1-14(2)18-12-20(15(3)4)23(21(13-18)16(5)6)26(25)22-11-9-8-10-19(22)17(7)24/h8-17,24H,1-7H3/t17-,26?/m0/s1. The van der Waals surface area contributed by atoms with Crippen LogP contribution in [-0.4, -0.2) is 9.32 Å². The van der Waals surface area contributed by atoms with Crippen molar-refractivity contribution in [2.24, 2.45) is 0 Å². The number of hydrogen-bond donors (Lipinski definition) is 1. The van der Waals surface area contributed by atoms with Crippen molar-refractivity contribution in [1.29, 1.82) is 0 Å². The van der Waals surface area contributed by atoms with Crippen LogP contribution in [0.25, 0.3) is 0 Å². The van der Waals surface area contributed by atoms with E-state index in [1.165, 1.54) is 5.56 Å². The van der Waals surface area contributed by atoms with Gasteiger partial charge in [0.05, 0.1) is 21.8 Å². The van der Waals surface area contributed by atoms with Gasteiger partial charge in [0, 0.05) is 4.90 Å². The van der Waals surface area contributed by atoms with E-state index < -0.39 is 16.9 Å². The third-order valence-electron chi connectivity index (χ3n) is 4.83. The Balaban J connectivity index is 2.77. The summed E-state index contributed by atoms with van der Waals surface area (Å²) < 4.78 is 13.7. The summed E-state index contributed by atoms with van der Waals surface area (Å²) in [7, 11) is -1.32. The van der Waals surface area contributed by atoms with Crippen LogP contribution in [0.4, 0.5) is 0 Å². The summed E-state index contributed by atoms with van der Waals surface area (Å²) in [5, 5.41) is 10.1. The summed E-state index contributed by atoms with van der Waals surface area (Å²) in [6.07, 6.45) is -0.643. The quantitative estimate of drug-likeness (QED) is 0.648. The summed E-state index contributed by atoms with van der Waals surface area (Å²) >= 11 is 0. The van der Waals surface area contributed by atoms with Crippen LogP contribution in [0.2, 0.25) is 0 Å². The molecule has 2 rings (SSSR count). The fourth-order valence-corrected chi connectivity index (χ4v) is 5.10. The Morgan fingerprint density at radius 3 is 1.69 bits per heavy atom. The first-order valence-corrected chi connectivity index (χ1v) is 10.7. The molecule has 0 heterocycles. The van der Waals surface area contributed by atoms with Crippen molar-refractivity contribution in [3.8, 4) is 0 Å². The van der Waals surface area contributed by atoms with Crippen LogP contribution in [0.3, 0.4) is 0 Å². The Labute approximate surface area is 161 Å². The number of benzene rings is 2. The summed E-state index contributed by atoms with van der Waals surface area (Å²) in [5.41, 5.74) is 4.34. The van der Waals surface area contributed by atoms with Crippen molar-refractivity contribution in [3.63, 3.8) is 0 Å². The predicted molar refractivity (Wildman–Crippen MR) is 110 cm³/mol. The maximum Gasteiger partial charge on any atom is 0.0859 e. The molecule has 0 aliphatic carbocycles. The summed E-state index contributed by atoms with van der Waals surface area (Å²) in [6.45, 7) is 14.8. The lowest BCUT2D eigenvalue weighted by atomic mass is 9.89. The molecule has 0 spiro atoms. The van der Waals surface area contributed by atoms with E-state index in [4.69, 9.17) is 0 Å². The molecule has 0 bridgehead atoms. The Hall–Kier alpha value is -1.45. The highest BCUT2D eigenvalue weighted by atomic mass is 32.2. The minimum atomic E-state index is -1.32. The summed E-state index contributed by atoms with van der Waals surface area (Å²) in [6, 6.07) is 12.0. The van der Waals surface area contributed by atoms with Gasteiger partial charge in [0.1, 0.15) is 0 Å². The highest BCUT2D eigenvalue weighted by Gasteiger charge is 2.24. The van der Waals surface area contributed by atoms with Crippen molar-refractivity contribution >= 4 is 10.8 Å². The van der Waals surface area contributed by atoms with E-state index >= 15 is 0 Å². The van der Waals surface area contributed by atoms with Gasteiger partial charge in [0.25, 0.3) is 0 Å². The molecule has 0 fully saturated rings. The maximum absolute atomic E-state index is 13.7. The molecule has 0 saturated heterocycles. The number of hydrogen-bond acceptors (Lipinski definition) is 2. The normalized spacial score (nSPS) is 14.3. The second-order valence-corrected chi connectivity index (χ2v) is 9.36. The van der Waals surface area contributed by atoms with Crippen LogP contribution in [-0.2, 0) is 10.8 Å². The summed E-state index contributed by atoms with van der Waals surface area (Å²) in [4.78, 5) is 1.64. The van der Waals surface area contributed by atoms with Gasteiger partial charge in [0.15, 0.2) is 0 Å². The Bertz CT molecular complexity index is 760. The third-order valence-corrected chi connectivity index (χ3v) is 6.45. The number of aliphatic hydroxyl groups excluding tert-OH is 1. The van der Waals surface area contributed by atoms with Crippen molar-refractivity contribution in [2.45, 2.75) is 82.1 Å². The van der Waals surface area contributed by atoms with Gasteiger partial charge in [-0.2, -0.15) is 0 Å².